The third kappa shape index (κ3) is 1.56. The molecule has 0 saturated carbocycles. The van der Waals surface area contributed by atoms with Crippen LogP contribution in [0.2, 0.25) is 0 Å². The molecule has 0 atom stereocenters. The molecular formula is C9H8FN3. The van der Waals surface area contributed by atoms with Gasteiger partial charge in [-0.3, -0.25) is 4.68 Å². The van der Waals surface area contributed by atoms with E-state index in [1.807, 2.05) is 0 Å². The van der Waals surface area contributed by atoms with Gasteiger partial charge in [0, 0.05) is 12.6 Å². The van der Waals surface area contributed by atoms with Crippen molar-refractivity contribution in [3.05, 3.63) is 36.3 Å². The van der Waals surface area contributed by atoms with Crippen molar-refractivity contribution in [2.24, 2.45) is 7.05 Å². The molecule has 13 heavy (non-hydrogen) atoms. The second kappa shape index (κ2) is 2.97. The molecule has 1 heterocycles. The van der Waals surface area contributed by atoms with Crippen molar-refractivity contribution in [2.45, 2.75) is 0 Å². The van der Waals surface area contributed by atoms with E-state index in [4.69, 9.17) is 0 Å². The topological polar surface area (TPSA) is 30.7 Å². The minimum atomic E-state index is -0.243. The Labute approximate surface area is 74.8 Å². The van der Waals surface area contributed by atoms with E-state index in [1.54, 1.807) is 30.1 Å². The maximum absolute atomic E-state index is 12.6. The zero-order chi connectivity index (χ0) is 9.26. The van der Waals surface area contributed by atoms with Crippen molar-refractivity contribution in [1.82, 2.24) is 15.0 Å². The Kier molecular flexibility index (Phi) is 1.81. The Morgan fingerprint density at radius 1 is 1.23 bits per heavy atom. The molecule has 0 unspecified atom stereocenters. The van der Waals surface area contributed by atoms with Crippen molar-refractivity contribution in [2.75, 3.05) is 0 Å². The van der Waals surface area contributed by atoms with Crippen LogP contribution in [0.1, 0.15) is 0 Å². The third-order valence-electron chi connectivity index (χ3n) is 1.74. The second-order valence-corrected chi connectivity index (χ2v) is 2.78. The molecule has 3 nitrogen and oxygen atoms in total. The van der Waals surface area contributed by atoms with Gasteiger partial charge in [-0.1, -0.05) is 5.21 Å². The van der Waals surface area contributed by atoms with Gasteiger partial charge >= 0.3 is 0 Å². The standard InChI is InChI=1S/C9H8FN3/c1-13-6-9(11-12-13)7-2-4-8(10)5-3-7/h2-6H,1H3. The van der Waals surface area contributed by atoms with Crippen molar-refractivity contribution < 1.29 is 4.39 Å². The van der Waals surface area contributed by atoms with Crippen LogP contribution in [0.15, 0.2) is 30.5 Å². The summed E-state index contributed by atoms with van der Waals surface area (Å²) in [5, 5.41) is 7.69. The highest BCUT2D eigenvalue weighted by Crippen LogP contribution is 2.15. The minimum Gasteiger partial charge on any atom is -0.255 e. The maximum Gasteiger partial charge on any atom is 0.123 e. The Morgan fingerprint density at radius 3 is 2.46 bits per heavy atom. The number of benzene rings is 1. The van der Waals surface area contributed by atoms with Crippen molar-refractivity contribution >= 4 is 0 Å². The Hall–Kier alpha value is -1.71. The number of halogens is 1. The fourth-order valence-corrected chi connectivity index (χ4v) is 1.10. The summed E-state index contributed by atoms with van der Waals surface area (Å²) in [6.07, 6.45) is 1.78. The summed E-state index contributed by atoms with van der Waals surface area (Å²) < 4.78 is 14.2. The van der Waals surface area contributed by atoms with Gasteiger partial charge in [0.1, 0.15) is 11.5 Å². The summed E-state index contributed by atoms with van der Waals surface area (Å²) >= 11 is 0. The average Bonchev–Trinajstić information content (AvgIpc) is 2.53. The lowest BCUT2D eigenvalue weighted by atomic mass is 10.2. The molecular weight excluding hydrogens is 169 g/mol. The molecule has 0 bridgehead atoms. The van der Waals surface area contributed by atoms with Crippen LogP contribution < -0.4 is 0 Å². The molecule has 2 aromatic rings. The van der Waals surface area contributed by atoms with Gasteiger partial charge < -0.3 is 0 Å². The smallest absolute Gasteiger partial charge is 0.123 e. The summed E-state index contributed by atoms with van der Waals surface area (Å²) in [5.41, 5.74) is 1.62. The van der Waals surface area contributed by atoms with Gasteiger partial charge in [0.2, 0.25) is 0 Å². The normalized spacial score (nSPS) is 10.3. The molecule has 0 aliphatic rings. The first-order chi connectivity index (χ1) is 6.25. The number of aromatic nitrogens is 3. The van der Waals surface area contributed by atoms with E-state index in [9.17, 15) is 4.39 Å². The molecule has 0 aliphatic heterocycles. The van der Waals surface area contributed by atoms with Gasteiger partial charge in [-0.2, -0.15) is 0 Å². The molecule has 4 heteroatoms. The van der Waals surface area contributed by atoms with Crippen LogP contribution in [-0.2, 0) is 7.05 Å². The number of nitrogens with zero attached hydrogens (tertiary/aromatic N) is 3. The van der Waals surface area contributed by atoms with Crippen molar-refractivity contribution in [3.8, 4) is 11.3 Å². The highest BCUT2D eigenvalue weighted by Gasteiger charge is 2.01. The zero-order valence-electron chi connectivity index (χ0n) is 7.11. The third-order valence-corrected chi connectivity index (χ3v) is 1.74. The average molecular weight is 177 g/mol. The van der Waals surface area contributed by atoms with E-state index in [0.29, 0.717) is 0 Å². The lowest BCUT2D eigenvalue weighted by Gasteiger charge is -1.93. The highest BCUT2D eigenvalue weighted by molar-refractivity contribution is 5.57. The monoisotopic (exact) mass is 177 g/mol. The number of hydrogen-bond acceptors (Lipinski definition) is 2. The predicted molar refractivity (Wildman–Crippen MR) is 46.4 cm³/mol. The highest BCUT2D eigenvalue weighted by atomic mass is 19.1. The molecule has 0 radical (unpaired) electrons. The lowest BCUT2D eigenvalue weighted by molar-refractivity contribution is 0.628. The van der Waals surface area contributed by atoms with Crippen molar-refractivity contribution in [1.29, 1.82) is 0 Å². The zero-order valence-corrected chi connectivity index (χ0v) is 7.11. The van der Waals surface area contributed by atoms with Gasteiger partial charge in [0.25, 0.3) is 0 Å². The quantitative estimate of drug-likeness (QED) is 0.662. The van der Waals surface area contributed by atoms with Gasteiger partial charge in [0.15, 0.2) is 0 Å². The van der Waals surface area contributed by atoms with Gasteiger partial charge in [-0.15, -0.1) is 5.10 Å². The van der Waals surface area contributed by atoms with E-state index in [0.717, 1.165) is 11.3 Å². The SMILES string of the molecule is Cn1cc(-c2ccc(F)cc2)nn1. The van der Waals surface area contributed by atoms with E-state index in [1.165, 1.54) is 12.1 Å². The molecule has 66 valence electrons. The summed E-state index contributed by atoms with van der Waals surface area (Å²) in [6.45, 7) is 0. The van der Waals surface area contributed by atoms with Crippen LogP contribution in [0.25, 0.3) is 11.3 Å². The predicted octanol–water partition coefficient (Wildman–Crippen LogP) is 1.62. The van der Waals surface area contributed by atoms with Gasteiger partial charge in [-0.25, -0.2) is 4.39 Å². The molecule has 1 aromatic heterocycles. The maximum atomic E-state index is 12.6. The van der Waals surface area contributed by atoms with Gasteiger partial charge in [0.05, 0.1) is 6.20 Å². The molecule has 0 spiro atoms. The summed E-state index contributed by atoms with van der Waals surface area (Å²) in [6, 6.07) is 6.17. The molecule has 0 aliphatic carbocycles. The first kappa shape index (κ1) is 7.91. The molecule has 0 N–H and O–H groups in total. The largest absolute Gasteiger partial charge is 0.255 e. The summed E-state index contributed by atoms with van der Waals surface area (Å²) in [5.74, 6) is -0.243. The number of rotatable bonds is 1. The molecule has 0 saturated heterocycles. The number of hydrogen-bond donors (Lipinski definition) is 0. The van der Waals surface area contributed by atoms with E-state index in [-0.39, 0.29) is 5.82 Å². The van der Waals surface area contributed by atoms with Crippen LogP contribution in [0.4, 0.5) is 4.39 Å². The fourth-order valence-electron chi connectivity index (χ4n) is 1.10. The van der Waals surface area contributed by atoms with Crippen LogP contribution in [-0.4, -0.2) is 15.0 Å². The molecule has 0 fully saturated rings. The molecule has 1 aromatic carbocycles. The first-order valence-electron chi connectivity index (χ1n) is 3.88. The number of aryl methyl sites for hydroxylation is 1. The second-order valence-electron chi connectivity index (χ2n) is 2.78. The van der Waals surface area contributed by atoms with E-state index in [2.05, 4.69) is 10.3 Å². The van der Waals surface area contributed by atoms with E-state index < -0.39 is 0 Å². The van der Waals surface area contributed by atoms with Crippen LogP contribution in [0.5, 0.6) is 0 Å². The Morgan fingerprint density at radius 2 is 1.92 bits per heavy atom. The Bertz CT molecular complexity index is 405. The van der Waals surface area contributed by atoms with Crippen LogP contribution in [0.3, 0.4) is 0 Å². The lowest BCUT2D eigenvalue weighted by Crippen LogP contribution is -1.85. The van der Waals surface area contributed by atoms with Crippen LogP contribution >= 0.6 is 0 Å². The summed E-state index contributed by atoms with van der Waals surface area (Å²) in [7, 11) is 1.79. The minimum absolute atomic E-state index is 0.243. The Balaban J connectivity index is 2.41. The fraction of sp³-hybridized carbons (Fsp3) is 0.111. The molecule has 2 rings (SSSR count). The molecule has 0 amide bonds. The van der Waals surface area contributed by atoms with Gasteiger partial charge in [-0.05, 0) is 24.3 Å². The van der Waals surface area contributed by atoms with Crippen LogP contribution in [0, 0.1) is 5.82 Å². The van der Waals surface area contributed by atoms with E-state index >= 15 is 0 Å². The first-order valence-corrected chi connectivity index (χ1v) is 3.88. The summed E-state index contributed by atoms with van der Waals surface area (Å²) in [4.78, 5) is 0. The van der Waals surface area contributed by atoms with Crippen molar-refractivity contribution in [3.63, 3.8) is 0 Å².